The summed E-state index contributed by atoms with van der Waals surface area (Å²) in [4.78, 5) is 3.92. The predicted molar refractivity (Wildman–Crippen MR) is 64.6 cm³/mol. The van der Waals surface area contributed by atoms with Gasteiger partial charge >= 0.3 is 0 Å². The standard InChI is InChI=1S/C13H14N2O/c1-9-3-4-12(10(2)7-9)16-13-5-6-15-8-11(13)14/h3-8H,14H2,1-2H3. The van der Waals surface area contributed by atoms with Crippen LogP contribution >= 0.6 is 0 Å². The van der Waals surface area contributed by atoms with Crippen molar-refractivity contribution in [2.24, 2.45) is 0 Å². The van der Waals surface area contributed by atoms with Crippen LogP contribution in [0.15, 0.2) is 36.7 Å². The van der Waals surface area contributed by atoms with Crippen molar-refractivity contribution >= 4 is 5.69 Å². The van der Waals surface area contributed by atoms with Crippen molar-refractivity contribution in [1.82, 2.24) is 4.98 Å². The van der Waals surface area contributed by atoms with E-state index in [1.807, 2.05) is 19.1 Å². The third-order valence-electron chi connectivity index (χ3n) is 2.36. The molecule has 3 heteroatoms. The molecule has 0 bridgehead atoms. The fourth-order valence-electron chi connectivity index (χ4n) is 1.52. The van der Waals surface area contributed by atoms with Crippen LogP contribution in [0.3, 0.4) is 0 Å². The Bertz CT molecular complexity index is 509. The molecule has 0 aliphatic heterocycles. The van der Waals surface area contributed by atoms with Crippen LogP contribution in [-0.2, 0) is 0 Å². The van der Waals surface area contributed by atoms with Gasteiger partial charge in [-0.05, 0) is 25.5 Å². The van der Waals surface area contributed by atoms with Gasteiger partial charge < -0.3 is 10.5 Å². The molecule has 2 N–H and O–H groups in total. The van der Waals surface area contributed by atoms with Gasteiger partial charge in [0.25, 0.3) is 0 Å². The van der Waals surface area contributed by atoms with Crippen LogP contribution in [0.4, 0.5) is 5.69 Å². The van der Waals surface area contributed by atoms with E-state index in [0.717, 1.165) is 11.3 Å². The number of nitrogens with two attached hydrogens (primary N) is 1. The molecule has 1 aromatic carbocycles. The molecule has 0 unspecified atom stereocenters. The highest BCUT2D eigenvalue weighted by molar-refractivity contribution is 5.52. The summed E-state index contributed by atoms with van der Waals surface area (Å²) >= 11 is 0. The molecule has 16 heavy (non-hydrogen) atoms. The SMILES string of the molecule is Cc1ccc(Oc2ccncc2N)c(C)c1. The second-order valence-electron chi connectivity index (χ2n) is 3.78. The lowest BCUT2D eigenvalue weighted by Crippen LogP contribution is -1.94. The van der Waals surface area contributed by atoms with Gasteiger partial charge in [0.1, 0.15) is 5.75 Å². The number of pyridine rings is 1. The van der Waals surface area contributed by atoms with Crippen molar-refractivity contribution in [3.8, 4) is 11.5 Å². The monoisotopic (exact) mass is 214 g/mol. The molecular formula is C13H14N2O. The smallest absolute Gasteiger partial charge is 0.153 e. The summed E-state index contributed by atoms with van der Waals surface area (Å²) in [7, 11) is 0. The number of nitrogens with zero attached hydrogens (tertiary/aromatic N) is 1. The first-order valence-electron chi connectivity index (χ1n) is 5.11. The van der Waals surface area contributed by atoms with Gasteiger partial charge in [0, 0.05) is 12.3 Å². The maximum Gasteiger partial charge on any atom is 0.153 e. The van der Waals surface area contributed by atoms with E-state index in [0.29, 0.717) is 11.4 Å². The molecule has 0 atom stereocenters. The van der Waals surface area contributed by atoms with Crippen LogP contribution in [0.25, 0.3) is 0 Å². The number of rotatable bonds is 2. The number of hydrogen-bond donors (Lipinski definition) is 1. The van der Waals surface area contributed by atoms with Crippen molar-refractivity contribution in [2.45, 2.75) is 13.8 Å². The fraction of sp³-hybridized carbons (Fsp3) is 0.154. The van der Waals surface area contributed by atoms with Crippen molar-refractivity contribution in [1.29, 1.82) is 0 Å². The number of ether oxygens (including phenoxy) is 1. The highest BCUT2D eigenvalue weighted by Crippen LogP contribution is 2.28. The summed E-state index contributed by atoms with van der Waals surface area (Å²) in [5, 5.41) is 0. The minimum Gasteiger partial charge on any atom is -0.455 e. The third-order valence-corrected chi connectivity index (χ3v) is 2.36. The molecule has 0 amide bonds. The van der Waals surface area contributed by atoms with Crippen LogP contribution in [0, 0.1) is 13.8 Å². The van der Waals surface area contributed by atoms with Crippen molar-refractivity contribution in [3.63, 3.8) is 0 Å². The Morgan fingerprint density at radius 3 is 2.62 bits per heavy atom. The summed E-state index contributed by atoms with van der Waals surface area (Å²) < 4.78 is 5.73. The number of benzene rings is 1. The van der Waals surface area contributed by atoms with Crippen LogP contribution in [0.2, 0.25) is 0 Å². The van der Waals surface area contributed by atoms with E-state index < -0.39 is 0 Å². The lowest BCUT2D eigenvalue weighted by molar-refractivity contribution is 0.480. The van der Waals surface area contributed by atoms with Crippen molar-refractivity contribution < 1.29 is 4.74 Å². The van der Waals surface area contributed by atoms with E-state index in [9.17, 15) is 0 Å². The third kappa shape index (κ3) is 2.14. The maximum atomic E-state index is 5.76. The van der Waals surface area contributed by atoms with Crippen LogP contribution in [0.5, 0.6) is 11.5 Å². The van der Waals surface area contributed by atoms with Gasteiger partial charge in [0.2, 0.25) is 0 Å². The first kappa shape index (κ1) is 10.5. The number of hydrogen-bond acceptors (Lipinski definition) is 3. The lowest BCUT2D eigenvalue weighted by atomic mass is 10.1. The minimum absolute atomic E-state index is 0.544. The molecule has 0 aliphatic rings. The number of aromatic nitrogens is 1. The Kier molecular flexibility index (Phi) is 2.77. The molecule has 1 aromatic heterocycles. The summed E-state index contributed by atoms with van der Waals surface area (Å²) in [6.07, 6.45) is 3.24. The van der Waals surface area contributed by atoms with E-state index in [1.165, 1.54) is 5.56 Å². The molecule has 82 valence electrons. The number of aryl methyl sites for hydroxylation is 2. The van der Waals surface area contributed by atoms with E-state index in [-0.39, 0.29) is 0 Å². The average molecular weight is 214 g/mol. The molecular weight excluding hydrogens is 200 g/mol. The summed E-state index contributed by atoms with van der Waals surface area (Å²) in [5.74, 6) is 1.46. The number of anilines is 1. The molecule has 0 aliphatic carbocycles. The first-order chi connectivity index (χ1) is 7.66. The van der Waals surface area contributed by atoms with Crippen LogP contribution in [0.1, 0.15) is 11.1 Å². The van der Waals surface area contributed by atoms with E-state index in [4.69, 9.17) is 10.5 Å². The largest absolute Gasteiger partial charge is 0.455 e. The highest BCUT2D eigenvalue weighted by Gasteiger charge is 2.04. The Labute approximate surface area is 94.9 Å². The van der Waals surface area contributed by atoms with Gasteiger partial charge in [0.15, 0.2) is 5.75 Å². The maximum absolute atomic E-state index is 5.76. The Morgan fingerprint density at radius 1 is 1.12 bits per heavy atom. The normalized spacial score (nSPS) is 10.1. The average Bonchev–Trinajstić information content (AvgIpc) is 2.25. The van der Waals surface area contributed by atoms with E-state index in [2.05, 4.69) is 18.0 Å². The lowest BCUT2D eigenvalue weighted by Gasteiger charge is -2.10. The Balaban J connectivity index is 2.31. The van der Waals surface area contributed by atoms with E-state index >= 15 is 0 Å². The molecule has 0 fully saturated rings. The molecule has 0 saturated carbocycles. The van der Waals surface area contributed by atoms with Gasteiger partial charge in [-0.3, -0.25) is 4.98 Å². The molecule has 3 nitrogen and oxygen atoms in total. The summed E-state index contributed by atoms with van der Waals surface area (Å²) in [6, 6.07) is 7.80. The quantitative estimate of drug-likeness (QED) is 0.835. The van der Waals surface area contributed by atoms with Crippen LogP contribution in [-0.4, -0.2) is 4.98 Å². The number of nitrogen functional groups attached to an aromatic ring is 1. The molecule has 2 rings (SSSR count). The van der Waals surface area contributed by atoms with Crippen molar-refractivity contribution in [2.75, 3.05) is 5.73 Å². The van der Waals surface area contributed by atoms with Crippen molar-refractivity contribution in [3.05, 3.63) is 47.8 Å². The topological polar surface area (TPSA) is 48.1 Å². The second kappa shape index (κ2) is 4.23. The van der Waals surface area contributed by atoms with Gasteiger partial charge in [0.05, 0.1) is 11.9 Å². The minimum atomic E-state index is 0.544. The fourth-order valence-corrected chi connectivity index (χ4v) is 1.52. The summed E-state index contributed by atoms with van der Waals surface area (Å²) in [5.41, 5.74) is 8.61. The predicted octanol–water partition coefficient (Wildman–Crippen LogP) is 3.07. The molecule has 0 radical (unpaired) electrons. The zero-order chi connectivity index (χ0) is 11.5. The molecule has 1 heterocycles. The van der Waals surface area contributed by atoms with Gasteiger partial charge in [-0.25, -0.2) is 0 Å². The van der Waals surface area contributed by atoms with Gasteiger partial charge in [-0.1, -0.05) is 17.7 Å². The molecule has 0 saturated heterocycles. The Hall–Kier alpha value is -2.03. The Morgan fingerprint density at radius 2 is 1.94 bits per heavy atom. The molecule has 2 aromatic rings. The van der Waals surface area contributed by atoms with Gasteiger partial charge in [-0.2, -0.15) is 0 Å². The zero-order valence-corrected chi connectivity index (χ0v) is 9.40. The van der Waals surface area contributed by atoms with Gasteiger partial charge in [-0.15, -0.1) is 0 Å². The molecule has 0 spiro atoms. The zero-order valence-electron chi connectivity index (χ0n) is 9.40. The first-order valence-corrected chi connectivity index (χ1v) is 5.11. The van der Waals surface area contributed by atoms with Crippen LogP contribution < -0.4 is 10.5 Å². The highest BCUT2D eigenvalue weighted by atomic mass is 16.5. The summed E-state index contributed by atoms with van der Waals surface area (Å²) in [6.45, 7) is 4.07. The van der Waals surface area contributed by atoms with E-state index in [1.54, 1.807) is 18.5 Å². The second-order valence-corrected chi connectivity index (χ2v) is 3.78.